The fourth-order valence-electron chi connectivity index (χ4n) is 2.05. The molecule has 4 nitrogen and oxygen atoms in total. The van der Waals surface area contributed by atoms with Gasteiger partial charge in [-0.05, 0) is 27.2 Å². The maximum atomic E-state index is 6.09. The van der Waals surface area contributed by atoms with Crippen molar-refractivity contribution in [2.24, 2.45) is 0 Å². The van der Waals surface area contributed by atoms with Gasteiger partial charge in [0, 0.05) is 10.4 Å². The molecular formula is C13H17ClN4S. The van der Waals surface area contributed by atoms with Gasteiger partial charge in [0.2, 0.25) is 0 Å². The van der Waals surface area contributed by atoms with Crippen molar-refractivity contribution in [2.75, 3.05) is 5.32 Å². The average molecular weight is 297 g/mol. The van der Waals surface area contributed by atoms with Gasteiger partial charge >= 0.3 is 0 Å². The standard InChI is InChI=1S/C13H17ClN4S/c1-5-10-12(14)15-6-16-13(10)18-8(3)11-7(2)17-9(4)19-11/h6,8H,5H2,1-4H3,(H,15,16,18). The van der Waals surface area contributed by atoms with Crippen molar-refractivity contribution in [3.63, 3.8) is 0 Å². The summed E-state index contributed by atoms with van der Waals surface area (Å²) in [7, 11) is 0. The quantitative estimate of drug-likeness (QED) is 0.868. The molecular weight excluding hydrogens is 280 g/mol. The number of aryl methyl sites for hydroxylation is 2. The number of hydrogen-bond donors (Lipinski definition) is 1. The van der Waals surface area contributed by atoms with Gasteiger partial charge in [-0.25, -0.2) is 15.0 Å². The summed E-state index contributed by atoms with van der Waals surface area (Å²) in [6.45, 7) is 8.20. The van der Waals surface area contributed by atoms with Crippen molar-refractivity contribution < 1.29 is 0 Å². The molecule has 0 radical (unpaired) electrons. The monoisotopic (exact) mass is 296 g/mol. The van der Waals surface area contributed by atoms with Crippen molar-refractivity contribution >= 4 is 28.8 Å². The minimum absolute atomic E-state index is 0.155. The Morgan fingerprint density at radius 2 is 2.11 bits per heavy atom. The number of nitrogens with zero attached hydrogens (tertiary/aromatic N) is 3. The molecule has 102 valence electrons. The maximum absolute atomic E-state index is 6.09. The highest BCUT2D eigenvalue weighted by Crippen LogP contribution is 2.29. The first-order chi connectivity index (χ1) is 9.02. The van der Waals surface area contributed by atoms with Crippen LogP contribution in [0.2, 0.25) is 5.15 Å². The van der Waals surface area contributed by atoms with Gasteiger partial charge in [0.05, 0.1) is 16.7 Å². The molecule has 1 unspecified atom stereocenters. The van der Waals surface area contributed by atoms with Crippen LogP contribution in [0.4, 0.5) is 5.82 Å². The number of halogens is 1. The van der Waals surface area contributed by atoms with Crippen molar-refractivity contribution in [1.29, 1.82) is 0 Å². The molecule has 0 spiro atoms. The van der Waals surface area contributed by atoms with Crippen LogP contribution in [-0.2, 0) is 6.42 Å². The van der Waals surface area contributed by atoms with Gasteiger partial charge in [-0.3, -0.25) is 0 Å². The number of nitrogens with one attached hydrogen (secondary N) is 1. The number of aromatic nitrogens is 3. The summed E-state index contributed by atoms with van der Waals surface area (Å²) in [4.78, 5) is 14.0. The first kappa shape index (κ1) is 14.2. The van der Waals surface area contributed by atoms with E-state index in [0.717, 1.165) is 28.5 Å². The lowest BCUT2D eigenvalue weighted by atomic mass is 10.2. The highest BCUT2D eigenvalue weighted by molar-refractivity contribution is 7.11. The molecule has 0 saturated heterocycles. The molecule has 0 saturated carbocycles. The molecule has 2 aromatic heterocycles. The lowest BCUT2D eigenvalue weighted by Crippen LogP contribution is -2.10. The molecule has 2 rings (SSSR count). The zero-order valence-corrected chi connectivity index (χ0v) is 13.1. The Morgan fingerprint density at radius 3 is 2.68 bits per heavy atom. The molecule has 0 fully saturated rings. The Balaban J connectivity index is 2.26. The lowest BCUT2D eigenvalue weighted by Gasteiger charge is -2.16. The van der Waals surface area contributed by atoms with E-state index in [4.69, 9.17) is 11.6 Å². The molecule has 0 bridgehead atoms. The number of anilines is 1. The van der Waals surface area contributed by atoms with Crippen LogP contribution in [-0.4, -0.2) is 15.0 Å². The molecule has 6 heteroatoms. The normalized spacial score (nSPS) is 12.5. The highest BCUT2D eigenvalue weighted by Gasteiger charge is 2.16. The molecule has 0 amide bonds. The lowest BCUT2D eigenvalue weighted by molar-refractivity contribution is 0.867. The largest absolute Gasteiger partial charge is 0.362 e. The number of rotatable bonds is 4. The molecule has 0 aliphatic carbocycles. The number of thiazole rings is 1. The first-order valence-electron chi connectivity index (χ1n) is 6.22. The van der Waals surface area contributed by atoms with Gasteiger partial charge in [0.1, 0.15) is 17.3 Å². The van der Waals surface area contributed by atoms with E-state index in [9.17, 15) is 0 Å². The van der Waals surface area contributed by atoms with Gasteiger partial charge in [-0.2, -0.15) is 0 Å². The van der Waals surface area contributed by atoms with Crippen LogP contribution in [0.3, 0.4) is 0 Å². The van der Waals surface area contributed by atoms with E-state index in [1.165, 1.54) is 11.2 Å². The van der Waals surface area contributed by atoms with Crippen LogP contribution in [0.15, 0.2) is 6.33 Å². The second-order valence-corrected chi connectivity index (χ2v) is 5.99. The minimum Gasteiger partial charge on any atom is -0.362 e. The maximum Gasteiger partial charge on any atom is 0.137 e. The van der Waals surface area contributed by atoms with E-state index in [-0.39, 0.29) is 6.04 Å². The van der Waals surface area contributed by atoms with Crippen LogP contribution in [0.1, 0.15) is 41.0 Å². The van der Waals surface area contributed by atoms with Crippen LogP contribution in [0.25, 0.3) is 0 Å². The summed E-state index contributed by atoms with van der Waals surface area (Å²) < 4.78 is 0. The summed E-state index contributed by atoms with van der Waals surface area (Å²) in [5.41, 5.74) is 2.02. The average Bonchev–Trinajstić information content (AvgIpc) is 2.69. The molecule has 0 aromatic carbocycles. The smallest absolute Gasteiger partial charge is 0.137 e. The van der Waals surface area contributed by atoms with E-state index in [0.29, 0.717) is 5.15 Å². The summed E-state index contributed by atoms with van der Waals surface area (Å²) in [5, 5.41) is 5.01. The van der Waals surface area contributed by atoms with Crippen LogP contribution < -0.4 is 5.32 Å². The molecule has 1 N–H and O–H groups in total. The van der Waals surface area contributed by atoms with E-state index < -0.39 is 0 Å². The fraction of sp³-hybridized carbons (Fsp3) is 0.462. The molecule has 0 aliphatic heterocycles. The third kappa shape index (κ3) is 3.04. The SMILES string of the molecule is CCc1c(Cl)ncnc1NC(C)c1sc(C)nc1C. The highest BCUT2D eigenvalue weighted by atomic mass is 35.5. The Bertz CT molecular complexity index is 582. The van der Waals surface area contributed by atoms with E-state index >= 15 is 0 Å². The molecule has 2 aromatic rings. The minimum atomic E-state index is 0.155. The second kappa shape index (κ2) is 5.84. The van der Waals surface area contributed by atoms with Crippen molar-refractivity contribution in [1.82, 2.24) is 15.0 Å². The Morgan fingerprint density at radius 1 is 1.37 bits per heavy atom. The Hall–Kier alpha value is -1.20. The van der Waals surface area contributed by atoms with Crippen LogP contribution in [0, 0.1) is 13.8 Å². The van der Waals surface area contributed by atoms with E-state index in [1.54, 1.807) is 11.3 Å². The molecule has 1 atom stereocenters. The van der Waals surface area contributed by atoms with Crippen LogP contribution >= 0.6 is 22.9 Å². The van der Waals surface area contributed by atoms with Gasteiger partial charge in [0.15, 0.2) is 0 Å². The third-order valence-corrected chi connectivity index (χ3v) is 4.51. The zero-order valence-electron chi connectivity index (χ0n) is 11.5. The molecule has 0 aliphatic rings. The third-order valence-electron chi connectivity index (χ3n) is 2.93. The van der Waals surface area contributed by atoms with Crippen molar-refractivity contribution in [2.45, 2.75) is 40.2 Å². The fourth-order valence-corrected chi connectivity index (χ4v) is 3.24. The zero-order chi connectivity index (χ0) is 14.0. The summed E-state index contributed by atoms with van der Waals surface area (Å²) in [6, 6.07) is 0.155. The second-order valence-electron chi connectivity index (χ2n) is 4.39. The summed E-state index contributed by atoms with van der Waals surface area (Å²) >= 11 is 7.80. The Kier molecular flexibility index (Phi) is 4.37. The van der Waals surface area contributed by atoms with Gasteiger partial charge in [-0.15, -0.1) is 11.3 Å². The predicted octanol–water partition coefficient (Wildman–Crippen LogP) is 3.94. The van der Waals surface area contributed by atoms with E-state index in [2.05, 4.69) is 27.2 Å². The molecule has 19 heavy (non-hydrogen) atoms. The van der Waals surface area contributed by atoms with Gasteiger partial charge in [-0.1, -0.05) is 18.5 Å². The predicted molar refractivity (Wildman–Crippen MR) is 80.0 cm³/mol. The summed E-state index contributed by atoms with van der Waals surface area (Å²) in [5.74, 6) is 0.806. The van der Waals surface area contributed by atoms with Gasteiger partial charge < -0.3 is 5.32 Å². The topological polar surface area (TPSA) is 50.7 Å². The summed E-state index contributed by atoms with van der Waals surface area (Å²) in [6.07, 6.45) is 2.29. The van der Waals surface area contributed by atoms with Crippen LogP contribution in [0.5, 0.6) is 0 Å². The number of hydrogen-bond acceptors (Lipinski definition) is 5. The van der Waals surface area contributed by atoms with Crippen molar-refractivity contribution in [3.8, 4) is 0 Å². The van der Waals surface area contributed by atoms with E-state index in [1.807, 2.05) is 20.8 Å². The van der Waals surface area contributed by atoms with Gasteiger partial charge in [0.25, 0.3) is 0 Å². The molecule has 2 heterocycles. The first-order valence-corrected chi connectivity index (χ1v) is 7.42. The Labute approximate surface area is 122 Å². The van der Waals surface area contributed by atoms with Crippen molar-refractivity contribution in [3.05, 3.63) is 32.6 Å².